The molecule has 0 saturated carbocycles. The van der Waals surface area contributed by atoms with E-state index in [-0.39, 0.29) is 10.8 Å². The van der Waals surface area contributed by atoms with Gasteiger partial charge in [-0.1, -0.05) is 0 Å². The Labute approximate surface area is 115 Å². The first kappa shape index (κ1) is 12.8. The number of aromatic nitrogens is 2. The molecule has 0 radical (unpaired) electrons. The molecule has 0 saturated heterocycles. The normalized spacial score (nSPS) is 16.5. The second kappa shape index (κ2) is 4.71. The van der Waals surface area contributed by atoms with E-state index in [1.54, 1.807) is 11.6 Å². The number of aliphatic hydroxyl groups is 1. The highest BCUT2D eigenvalue weighted by Gasteiger charge is 2.29. The first-order valence-electron chi connectivity index (χ1n) is 5.79. The lowest BCUT2D eigenvalue weighted by Crippen LogP contribution is -2.37. The number of hydrogen-bond acceptors (Lipinski definition) is 5. The van der Waals surface area contributed by atoms with Crippen LogP contribution < -0.4 is 0 Å². The van der Waals surface area contributed by atoms with Crippen LogP contribution in [0.3, 0.4) is 0 Å². The molecular weight excluding hydrogens is 286 g/mol. The summed E-state index contributed by atoms with van der Waals surface area (Å²) in [6, 6.07) is 1.53. The van der Waals surface area contributed by atoms with Gasteiger partial charge in [0.15, 0.2) is 0 Å². The molecule has 0 bridgehead atoms. The summed E-state index contributed by atoms with van der Waals surface area (Å²) in [5, 5.41) is 10.7. The average molecular weight is 299 g/mol. The zero-order valence-corrected chi connectivity index (χ0v) is 11.7. The van der Waals surface area contributed by atoms with Crippen LogP contribution in [0.1, 0.15) is 11.4 Å². The fraction of sp³-hybridized carbons (Fsp3) is 0.364. The predicted octanol–water partition coefficient (Wildman–Crippen LogP) is 0.641. The number of imidazole rings is 1. The van der Waals surface area contributed by atoms with Gasteiger partial charge in [0.25, 0.3) is 10.0 Å². The number of thiophene rings is 1. The van der Waals surface area contributed by atoms with Crippen molar-refractivity contribution in [2.24, 2.45) is 0 Å². The summed E-state index contributed by atoms with van der Waals surface area (Å²) >= 11 is 1.14. The monoisotopic (exact) mass is 299 g/mol. The third-order valence-corrected chi connectivity index (χ3v) is 6.43. The fourth-order valence-electron chi connectivity index (χ4n) is 2.06. The van der Waals surface area contributed by atoms with Crippen molar-refractivity contribution in [3.05, 3.63) is 35.2 Å². The third kappa shape index (κ3) is 2.20. The largest absolute Gasteiger partial charge is 0.392 e. The van der Waals surface area contributed by atoms with E-state index >= 15 is 0 Å². The van der Waals surface area contributed by atoms with Crippen LogP contribution in [0, 0.1) is 0 Å². The molecule has 0 aliphatic carbocycles. The van der Waals surface area contributed by atoms with Crippen LogP contribution in [0.25, 0.3) is 0 Å². The van der Waals surface area contributed by atoms with Crippen molar-refractivity contribution in [3.8, 4) is 0 Å². The van der Waals surface area contributed by atoms with Gasteiger partial charge in [-0.25, -0.2) is 13.4 Å². The minimum absolute atomic E-state index is 0.142. The van der Waals surface area contributed by atoms with Gasteiger partial charge in [-0.3, -0.25) is 0 Å². The van der Waals surface area contributed by atoms with Crippen LogP contribution >= 0.6 is 11.3 Å². The molecule has 0 amide bonds. The molecule has 1 aliphatic rings. The zero-order chi connectivity index (χ0) is 13.5. The summed E-state index contributed by atoms with van der Waals surface area (Å²) in [5.41, 5.74) is 0.627. The summed E-state index contributed by atoms with van der Waals surface area (Å²) < 4.78 is 28.6. The molecule has 6 nitrogen and oxygen atoms in total. The molecule has 0 atom stereocenters. The lowest BCUT2D eigenvalue weighted by atomic mass is 10.4. The molecular formula is C11H13N3O3S2. The van der Waals surface area contributed by atoms with Gasteiger partial charge in [0.1, 0.15) is 10.0 Å². The number of fused-ring (bicyclic) bond motifs is 1. The predicted molar refractivity (Wildman–Crippen MR) is 70.1 cm³/mol. The standard InChI is InChI=1S/C11H13N3O3S2/c15-7-9-5-11(18-8-9)19(16,17)14-4-3-13-2-1-12-10(13)6-14/h1-2,5,8,15H,3-4,6-7H2. The van der Waals surface area contributed by atoms with Gasteiger partial charge in [0, 0.05) is 25.5 Å². The summed E-state index contributed by atoms with van der Waals surface area (Å²) in [7, 11) is -3.48. The Kier molecular flexibility index (Phi) is 3.17. The van der Waals surface area contributed by atoms with E-state index in [4.69, 9.17) is 5.11 Å². The van der Waals surface area contributed by atoms with E-state index in [1.165, 1.54) is 10.4 Å². The smallest absolute Gasteiger partial charge is 0.253 e. The van der Waals surface area contributed by atoms with Gasteiger partial charge in [-0.2, -0.15) is 4.31 Å². The van der Waals surface area contributed by atoms with Crippen molar-refractivity contribution in [3.63, 3.8) is 0 Å². The van der Waals surface area contributed by atoms with Crippen LogP contribution in [0.5, 0.6) is 0 Å². The Morgan fingerprint density at radius 3 is 3.00 bits per heavy atom. The summed E-state index contributed by atoms with van der Waals surface area (Å²) in [4.78, 5) is 4.16. The highest BCUT2D eigenvalue weighted by Crippen LogP contribution is 2.26. The lowest BCUT2D eigenvalue weighted by Gasteiger charge is -2.26. The Morgan fingerprint density at radius 1 is 1.42 bits per heavy atom. The van der Waals surface area contributed by atoms with Crippen LogP contribution in [0.2, 0.25) is 0 Å². The molecule has 3 heterocycles. The highest BCUT2D eigenvalue weighted by molar-refractivity contribution is 7.91. The van der Waals surface area contributed by atoms with Crippen molar-refractivity contribution in [1.82, 2.24) is 13.9 Å². The summed E-state index contributed by atoms with van der Waals surface area (Å²) in [6.07, 6.45) is 3.54. The van der Waals surface area contributed by atoms with Crippen molar-refractivity contribution >= 4 is 21.4 Å². The van der Waals surface area contributed by atoms with Gasteiger partial charge in [0.2, 0.25) is 0 Å². The maximum absolute atomic E-state index is 12.5. The molecule has 1 N–H and O–H groups in total. The minimum atomic E-state index is -3.48. The van der Waals surface area contributed by atoms with Gasteiger partial charge in [-0.15, -0.1) is 11.3 Å². The van der Waals surface area contributed by atoms with E-state index in [2.05, 4.69) is 4.98 Å². The van der Waals surface area contributed by atoms with Crippen molar-refractivity contribution in [2.75, 3.05) is 6.54 Å². The Morgan fingerprint density at radius 2 is 2.26 bits per heavy atom. The van der Waals surface area contributed by atoms with Gasteiger partial charge >= 0.3 is 0 Å². The SMILES string of the molecule is O=S(=O)(c1cc(CO)cs1)N1CCn2ccnc2C1. The summed E-state index contributed by atoms with van der Waals surface area (Å²) in [6.45, 7) is 1.21. The molecule has 2 aromatic rings. The molecule has 1 aliphatic heterocycles. The Hall–Kier alpha value is -1.22. The maximum Gasteiger partial charge on any atom is 0.253 e. The quantitative estimate of drug-likeness (QED) is 0.902. The fourth-order valence-corrected chi connectivity index (χ4v) is 4.79. The zero-order valence-electron chi connectivity index (χ0n) is 10.1. The molecule has 0 spiro atoms. The second-order valence-corrected chi connectivity index (χ2v) is 7.38. The molecule has 0 fully saturated rings. The number of hydrogen-bond donors (Lipinski definition) is 1. The molecule has 2 aromatic heterocycles. The highest BCUT2D eigenvalue weighted by atomic mass is 32.2. The molecule has 0 aromatic carbocycles. The molecule has 19 heavy (non-hydrogen) atoms. The van der Waals surface area contributed by atoms with Crippen molar-refractivity contribution < 1.29 is 13.5 Å². The van der Waals surface area contributed by atoms with E-state index in [0.29, 0.717) is 25.2 Å². The van der Waals surface area contributed by atoms with Crippen LogP contribution in [0.4, 0.5) is 0 Å². The topological polar surface area (TPSA) is 75.4 Å². The average Bonchev–Trinajstić information content (AvgIpc) is 3.06. The van der Waals surface area contributed by atoms with Crippen LogP contribution in [-0.2, 0) is 29.7 Å². The Balaban J connectivity index is 1.89. The number of rotatable bonds is 3. The van der Waals surface area contributed by atoms with E-state index in [9.17, 15) is 8.42 Å². The second-order valence-electron chi connectivity index (χ2n) is 4.31. The number of nitrogens with zero attached hydrogens (tertiary/aromatic N) is 3. The van der Waals surface area contributed by atoms with Gasteiger partial charge in [0.05, 0.1) is 13.2 Å². The lowest BCUT2D eigenvalue weighted by molar-refractivity contribution is 0.282. The maximum atomic E-state index is 12.5. The minimum Gasteiger partial charge on any atom is -0.392 e. The third-order valence-electron chi connectivity index (χ3n) is 3.12. The molecule has 3 rings (SSSR count). The van der Waals surface area contributed by atoms with E-state index in [1.807, 2.05) is 10.8 Å². The Bertz CT molecular complexity index is 690. The number of sulfonamides is 1. The first-order valence-corrected chi connectivity index (χ1v) is 8.11. The van der Waals surface area contributed by atoms with Crippen LogP contribution in [0.15, 0.2) is 28.0 Å². The first-order chi connectivity index (χ1) is 9.11. The van der Waals surface area contributed by atoms with Crippen molar-refractivity contribution in [2.45, 2.75) is 23.9 Å². The number of aliphatic hydroxyl groups excluding tert-OH is 1. The summed E-state index contributed by atoms with van der Waals surface area (Å²) in [5.74, 6) is 0.758. The molecule has 0 unspecified atom stereocenters. The van der Waals surface area contributed by atoms with Gasteiger partial charge in [-0.05, 0) is 17.0 Å². The van der Waals surface area contributed by atoms with Crippen molar-refractivity contribution in [1.29, 1.82) is 0 Å². The van der Waals surface area contributed by atoms with E-state index in [0.717, 1.165) is 17.2 Å². The van der Waals surface area contributed by atoms with E-state index < -0.39 is 10.0 Å². The molecule has 102 valence electrons. The van der Waals surface area contributed by atoms with Gasteiger partial charge < -0.3 is 9.67 Å². The van der Waals surface area contributed by atoms with Crippen LogP contribution in [-0.4, -0.2) is 33.9 Å². The molecule has 8 heteroatoms.